The average Bonchev–Trinajstić information content (AvgIpc) is 2.87. The Hall–Kier alpha value is -0.570. The normalized spacial score (nSPS) is 29.7. The molecule has 1 aromatic rings. The molecular weight excluding hydrogens is 256 g/mol. The third-order valence-corrected chi connectivity index (χ3v) is 5.42. The number of hydrogen-bond acceptors (Lipinski definition) is 2. The maximum absolute atomic E-state index is 6.05. The van der Waals surface area contributed by atoms with E-state index in [1.165, 1.54) is 30.8 Å². The van der Waals surface area contributed by atoms with Crippen molar-refractivity contribution >= 4 is 11.6 Å². The number of hydrogen-bond donors (Lipinski definition) is 1. The van der Waals surface area contributed by atoms with Gasteiger partial charge in [0.05, 0.1) is 0 Å². The van der Waals surface area contributed by atoms with Crippen LogP contribution >= 0.6 is 11.6 Å². The van der Waals surface area contributed by atoms with Gasteiger partial charge in [-0.2, -0.15) is 0 Å². The Morgan fingerprint density at radius 3 is 2.84 bits per heavy atom. The van der Waals surface area contributed by atoms with Crippen molar-refractivity contribution in [2.75, 3.05) is 19.6 Å². The Labute approximate surface area is 121 Å². The highest BCUT2D eigenvalue weighted by Crippen LogP contribution is 2.41. The van der Waals surface area contributed by atoms with E-state index >= 15 is 0 Å². The van der Waals surface area contributed by atoms with Crippen LogP contribution in [0.3, 0.4) is 0 Å². The maximum atomic E-state index is 6.05. The lowest BCUT2D eigenvalue weighted by Crippen LogP contribution is -2.44. The summed E-state index contributed by atoms with van der Waals surface area (Å²) in [6.45, 7) is 11.6. The molecule has 104 valence electrons. The first kappa shape index (κ1) is 13.4. The Balaban J connectivity index is 1.80. The maximum Gasteiger partial charge on any atom is 0.0408 e. The SMILES string of the molecule is Cc1cc(Cl)ccc1CN1CC2CNCC2C1(C)C. The van der Waals surface area contributed by atoms with Gasteiger partial charge >= 0.3 is 0 Å². The van der Waals surface area contributed by atoms with Crippen molar-refractivity contribution in [2.45, 2.75) is 32.9 Å². The molecule has 3 rings (SSSR count). The molecule has 2 unspecified atom stereocenters. The first-order valence-corrected chi connectivity index (χ1v) is 7.57. The highest BCUT2D eigenvalue weighted by molar-refractivity contribution is 6.30. The zero-order chi connectivity index (χ0) is 13.6. The zero-order valence-electron chi connectivity index (χ0n) is 12.0. The first-order valence-electron chi connectivity index (χ1n) is 7.19. The van der Waals surface area contributed by atoms with Gasteiger partial charge in [-0.1, -0.05) is 17.7 Å². The molecule has 0 radical (unpaired) electrons. The van der Waals surface area contributed by atoms with Crippen LogP contribution in [0.1, 0.15) is 25.0 Å². The van der Waals surface area contributed by atoms with Gasteiger partial charge in [-0.05, 0) is 62.4 Å². The quantitative estimate of drug-likeness (QED) is 0.894. The van der Waals surface area contributed by atoms with Crippen LogP contribution < -0.4 is 5.32 Å². The highest BCUT2D eigenvalue weighted by Gasteiger charge is 2.49. The van der Waals surface area contributed by atoms with Crippen LogP contribution in [-0.4, -0.2) is 30.1 Å². The largest absolute Gasteiger partial charge is 0.316 e. The molecule has 2 heterocycles. The molecule has 2 nitrogen and oxygen atoms in total. The number of fused-ring (bicyclic) bond motifs is 1. The fourth-order valence-electron chi connectivity index (χ4n) is 3.82. The topological polar surface area (TPSA) is 15.3 Å². The van der Waals surface area contributed by atoms with Gasteiger partial charge in [0.25, 0.3) is 0 Å². The minimum atomic E-state index is 0.292. The number of nitrogens with zero attached hydrogens (tertiary/aromatic N) is 1. The van der Waals surface area contributed by atoms with Gasteiger partial charge in [0.2, 0.25) is 0 Å². The van der Waals surface area contributed by atoms with Gasteiger partial charge in [-0.15, -0.1) is 0 Å². The number of rotatable bonds is 2. The van der Waals surface area contributed by atoms with E-state index in [-0.39, 0.29) is 0 Å². The smallest absolute Gasteiger partial charge is 0.0408 e. The van der Waals surface area contributed by atoms with Crippen LogP contribution in [0.4, 0.5) is 0 Å². The molecular formula is C16H23ClN2. The van der Waals surface area contributed by atoms with Gasteiger partial charge < -0.3 is 5.32 Å². The fourth-order valence-corrected chi connectivity index (χ4v) is 4.04. The Morgan fingerprint density at radius 1 is 1.37 bits per heavy atom. The molecule has 2 atom stereocenters. The molecule has 2 aliphatic rings. The van der Waals surface area contributed by atoms with Crippen LogP contribution in [0.25, 0.3) is 0 Å². The van der Waals surface area contributed by atoms with Crippen LogP contribution in [0, 0.1) is 18.8 Å². The third kappa shape index (κ3) is 2.31. The van der Waals surface area contributed by atoms with Crippen molar-refractivity contribution < 1.29 is 0 Å². The van der Waals surface area contributed by atoms with Crippen molar-refractivity contribution in [3.8, 4) is 0 Å². The van der Waals surface area contributed by atoms with E-state index in [1.807, 2.05) is 6.07 Å². The van der Waals surface area contributed by atoms with Crippen LogP contribution in [0.15, 0.2) is 18.2 Å². The number of likely N-dealkylation sites (tertiary alicyclic amines) is 1. The van der Waals surface area contributed by atoms with Crippen molar-refractivity contribution in [2.24, 2.45) is 11.8 Å². The van der Waals surface area contributed by atoms with Crippen LogP contribution in [-0.2, 0) is 6.54 Å². The lowest BCUT2D eigenvalue weighted by Gasteiger charge is -2.36. The predicted octanol–water partition coefficient (Wildman–Crippen LogP) is 3.08. The van der Waals surface area contributed by atoms with Gasteiger partial charge in [-0.25, -0.2) is 0 Å². The number of benzene rings is 1. The second-order valence-corrected chi connectivity index (χ2v) is 7.07. The summed E-state index contributed by atoms with van der Waals surface area (Å²) in [7, 11) is 0. The summed E-state index contributed by atoms with van der Waals surface area (Å²) < 4.78 is 0. The molecule has 0 bridgehead atoms. The molecule has 1 aromatic carbocycles. The summed E-state index contributed by atoms with van der Waals surface area (Å²) in [5.41, 5.74) is 3.00. The van der Waals surface area contributed by atoms with Crippen molar-refractivity contribution in [1.82, 2.24) is 10.2 Å². The molecule has 19 heavy (non-hydrogen) atoms. The molecule has 0 amide bonds. The summed E-state index contributed by atoms with van der Waals surface area (Å²) in [4.78, 5) is 2.65. The first-order chi connectivity index (χ1) is 8.98. The van der Waals surface area contributed by atoms with Crippen molar-refractivity contribution in [1.29, 1.82) is 0 Å². The van der Waals surface area contributed by atoms with Crippen molar-refractivity contribution in [3.05, 3.63) is 34.3 Å². The molecule has 2 aliphatic heterocycles. The molecule has 0 aliphatic carbocycles. The summed E-state index contributed by atoms with van der Waals surface area (Å²) in [6, 6.07) is 6.26. The van der Waals surface area contributed by atoms with Crippen LogP contribution in [0.2, 0.25) is 5.02 Å². The standard InChI is InChI=1S/C16H23ClN2/c1-11-6-14(17)5-4-12(11)9-19-10-13-7-18-8-15(13)16(19,2)3/h4-6,13,15,18H,7-10H2,1-3H3. The van der Waals surface area contributed by atoms with Gasteiger partial charge in [0.1, 0.15) is 0 Å². The lowest BCUT2D eigenvalue weighted by atomic mass is 9.84. The highest BCUT2D eigenvalue weighted by atomic mass is 35.5. The second-order valence-electron chi connectivity index (χ2n) is 6.63. The molecule has 3 heteroatoms. The average molecular weight is 279 g/mol. The Morgan fingerprint density at radius 2 is 2.16 bits per heavy atom. The zero-order valence-corrected chi connectivity index (χ0v) is 12.8. The summed E-state index contributed by atoms with van der Waals surface area (Å²) >= 11 is 6.05. The number of nitrogens with one attached hydrogen (secondary N) is 1. The lowest BCUT2D eigenvalue weighted by molar-refractivity contribution is 0.132. The monoisotopic (exact) mass is 278 g/mol. The summed E-state index contributed by atoms with van der Waals surface area (Å²) in [6.07, 6.45) is 0. The number of aryl methyl sites for hydroxylation is 1. The van der Waals surface area contributed by atoms with E-state index < -0.39 is 0 Å². The molecule has 0 aromatic heterocycles. The van der Waals surface area contributed by atoms with Crippen LogP contribution in [0.5, 0.6) is 0 Å². The van der Waals surface area contributed by atoms with E-state index in [4.69, 9.17) is 11.6 Å². The van der Waals surface area contributed by atoms with Crippen molar-refractivity contribution in [3.63, 3.8) is 0 Å². The molecule has 2 saturated heterocycles. The van der Waals surface area contributed by atoms with E-state index in [0.717, 1.165) is 23.4 Å². The Bertz CT molecular complexity index is 484. The van der Waals surface area contributed by atoms with Gasteiger partial charge in [-0.3, -0.25) is 4.90 Å². The summed E-state index contributed by atoms with van der Waals surface area (Å²) in [5, 5.41) is 4.38. The minimum Gasteiger partial charge on any atom is -0.316 e. The predicted molar refractivity (Wildman–Crippen MR) is 80.5 cm³/mol. The second kappa shape index (κ2) is 4.76. The summed E-state index contributed by atoms with van der Waals surface area (Å²) in [5.74, 6) is 1.61. The van der Waals surface area contributed by atoms with E-state index in [9.17, 15) is 0 Å². The Kier molecular flexibility index (Phi) is 3.36. The fraction of sp³-hybridized carbons (Fsp3) is 0.625. The van der Waals surface area contributed by atoms with E-state index in [0.29, 0.717) is 5.54 Å². The van der Waals surface area contributed by atoms with E-state index in [1.54, 1.807) is 0 Å². The molecule has 2 fully saturated rings. The number of halogens is 1. The minimum absolute atomic E-state index is 0.292. The van der Waals surface area contributed by atoms with E-state index in [2.05, 4.69) is 43.1 Å². The third-order valence-electron chi connectivity index (χ3n) is 5.18. The molecule has 0 saturated carbocycles. The molecule has 0 spiro atoms. The molecule has 1 N–H and O–H groups in total. The van der Waals surface area contributed by atoms with Gasteiger partial charge in [0.15, 0.2) is 0 Å². The van der Waals surface area contributed by atoms with Gasteiger partial charge in [0, 0.05) is 30.2 Å².